The smallest absolute Gasteiger partial charge is 0.155 e. The average molecular weight is 376 g/mol. The quantitative estimate of drug-likeness (QED) is 0.594. The number of hydrogen-bond acceptors (Lipinski definition) is 6. The Morgan fingerprint density at radius 2 is 2.04 bits per heavy atom. The molecular formula is C20H20N6S. The summed E-state index contributed by atoms with van der Waals surface area (Å²) in [6, 6.07) is 12.8. The van der Waals surface area contributed by atoms with Crippen molar-refractivity contribution in [3.05, 3.63) is 54.2 Å². The minimum absolute atomic E-state index is 0.459. The summed E-state index contributed by atoms with van der Waals surface area (Å²) >= 11 is 1.69. The third-order valence-corrected chi connectivity index (χ3v) is 5.74. The van der Waals surface area contributed by atoms with Crippen molar-refractivity contribution in [2.45, 2.75) is 13.0 Å². The molecule has 27 heavy (non-hydrogen) atoms. The van der Waals surface area contributed by atoms with Crippen molar-refractivity contribution in [3.63, 3.8) is 0 Å². The number of nitrogens with one attached hydrogen (secondary N) is 1. The molecule has 1 aliphatic rings. The molecule has 136 valence electrons. The molecule has 0 spiro atoms. The Bertz CT molecular complexity index is 1060. The zero-order chi connectivity index (χ0) is 18.2. The van der Waals surface area contributed by atoms with Gasteiger partial charge in [-0.1, -0.05) is 6.07 Å². The molecule has 1 N–H and O–H groups in total. The maximum absolute atomic E-state index is 4.98. The number of piperazine rings is 1. The summed E-state index contributed by atoms with van der Waals surface area (Å²) in [6.45, 7) is 5.09. The number of pyridine rings is 1. The number of thiophene rings is 1. The second-order valence-corrected chi connectivity index (χ2v) is 7.73. The summed E-state index contributed by atoms with van der Waals surface area (Å²) in [5, 5.41) is 10.5. The molecule has 1 aliphatic heterocycles. The van der Waals surface area contributed by atoms with Crippen molar-refractivity contribution >= 4 is 22.8 Å². The number of nitrogens with zero attached hydrogens (tertiary/aromatic N) is 5. The molecule has 0 amide bonds. The number of rotatable bonds is 3. The molecule has 5 heterocycles. The lowest BCUT2D eigenvalue weighted by molar-refractivity contribution is 0.481. The minimum atomic E-state index is 0.459. The topological polar surface area (TPSA) is 58.4 Å². The van der Waals surface area contributed by atoms with Crippen LogP contribution in [0.1, 0.15) is 6.92 Å². The van der Waals surface area contributed by atoms with Crippen molar-refractivity contribution in [1.82, 2.24) is 24.9 Å². The molecule has 0 aliphatic carbocycles. The number of aromatic nitrogens is 4. The van der Waals surface area contributed by atoms with Crippen LogP contribution in [0.25, 0.3) is 27.5 Å². The molecule has 1 fully saturated rings. The van der Waals surface area contributed by atoms with E-state index in [1.54, 1.807) is 11.3 Å². The first-order chi connectivity index (χ1) is 13.3. The Kier molecular flexibility index (Phi) is 4.10. The highest BCUT2D eigenvalue weighted by molar-refractivity contribution is 7.13. The van der Waals surface area contributed by atoms with Gasteiger partial charge in [0.1, 0.15) is 17.2 Å². The highest BCUT2D eigenvalue weighted by Crippen LogP contribution is 2.34. The molecule has 1 saturated heterocycles. The third-order valence-electron chi connectivity index (χ3n) is 4.86. The summed E-state index contributed by atoms with van der Waals surface area (Å²) in [4.78, 5) is 12.5. The Morgan fingerprint density at radius 1 is 1.15 bits per heavy atom. The molecule has 0 aromatic carbocycles. The van der Waals surface area contributed by atoms with Crippen LogP contribution in [0.4, 0.5) is 5.82 Å². The van der Waals surface area contributed by atoms with Gasteiger partial charge in [-0.3, -0.25) is 4.98 Å². The van der Waals surface area contributed by atoms with Gasteiger partial charge in [0.05, 0.1) is 4.88 Å². The summed E-state index contributed by atoms with van der Waals surface area (Å²) in [5.74, 6) is 0.987. The van der Waals surface area contributed by atoms with E-state index in [0.29, 0.717) is 6.04 Å². The second kappa shape index (κ2) is 6.75. The highest BCUT2D eigenvalue weighted by atomic mass is 32.1. The number of imidazole rings is 1. The first-order valence-electron chi connectivity index (χ1n) is 9.12. The van der Waals surface area contributed by atoms with E-state index in [0.717, 1.165) is 52.9 Å². The van der Waals surface area contributed by atoms with Gasteiger partial charge in [0.25, 0.3) is 0 Å². The number of hydrogen-bond donors (Lipinski definition) is 1. The van der Waals surface area contributed by atoms with Crippen molar-refractivity contribution in [1.29, 1.82) is 0 Å². The van der Waals surface area contributed by atoms with E-state index in [4.69, 9.17) is 10.1 Å². The van der Waals surface area contributed by atoms with Crippen LogP contribution in [0.5, 0.6) is 0 Å². The Labute approximate surface area is 161 Å². The van der Waals surface area contributed by atoms with Crippen LogP contribution in [0, 0.1) is 0 Å². The van der Waals surface area contributed by atoms with Gasteiger partial charge >= 0.3 is 0 Å². The summed E-state index contributed by atoms with van der Waals surface area (Å²) in [5.41, 5.74) is 3.91. The van der Waals surface area contributed by atoms with Gasteiger partial charge in [0, 0.05) is 43.6 Å². The van der Waals surface area contributed by atoms with Crippen LogP contribution >= 0.6 is 11.3 Å². The van der Waals surface area contributed by atoms with Crippen LogP contribution in [0.2, 0.25) is 0 Å². The zero-order valence-electron chi connectivity index (χ0n) is 15.0. The van der Waals surface area contributed by atoms with Crippen LogP contribution in [0.3, 0.4) is 0 Å². The Hall–Kier alpha value is -2.77. The number of anilines is 1. The van der Waals surface area contributed by atoms with Gasteiger partial charge < -0.3 is 10.2 Å². The maximum Gasteiger partial charge on any atom is 0.155 e. The first kappa shape index (κ1) is 16.4. The van der Waals surface area contributed by atoms with Crippen LogP contribution in [-0.4, -0.2) is 45.3 Å². The van der Waals surface area contributed by atoms with Crippen LogP contribution < -0.4 is 10.2 Å². The van der Waals surface area contributed by atoms with Gasteiger partial charge in [0.15, 0.2) is 5.65 Å². The SMILES string of the molecule is CC1CN(c2ccc3nc(-c4cccs4)c(-c4ccncc4)n3n2)CCN1. The molecule has 0 saturated carbocycles. The van der Waals surface area contributed by atoms with E-state index < -0.39 is 0 Å². The van der Waals surface area contributed by atoms with E-state index >= 15 is 0 Å². The standard InChI is InChI=1S/C20H20N6S/c1-14-13-25(11-10-22-14)18-5-4-17-23-19(16-3-2-12-27-16)20(26(17)24-18)15-6-8-21-9-7-15/h2-9,12,14,22H,10-11,13H2,1H3. The predicted octanol–water partition coefficient (Wildman–Crippen LogP) is 3.32. The molecule has 4 aromatic heterocycles. The fraction of sp³-hybridized carbons (Fsp3) is 0.250. The van der Waals surface area contributed by atoms with Gasteiger partial charge in [0.2, 0.25) is 0 Å². The van der Waals surface area contributed by atoms with Crippen molar-refractivity contribution in [3.8, 4) is 21.8 Å². The lowest BCUT2D eigenvalue weighted by Crippen LogP contribution is -2.49. The lowest BCUT2D eigenvalue weighted by Gasteiger charge is -2.32. The normalized spacial score (nSPS) is 17.5. The van der Waals surface area contributed by atoms with Crippen LogP contribution in [0.15, 0.2) is 54.2 Å². The van der Waals surface area contributed by atoms with Gasteiger partial charge in [-0.05, 0) is 42.6 Å². The van der Waals surface area contributed by atoms with Crippen molar-refractivity contribution in [2.75, 3.05) is 24.5 Å². The third kappa shape index (κ3) is 2.98. The Balaban J connectivity index is 1.70. The van der Waals surface area contributed by atoms with E-state index in [2.05, 4.69) is 51.8 Å². The monoisotopic (exact) mass is 376 g/mol. The molecule has 1 atom stereocenters. The average Bonchev–Trinajstić information content (AvgIpc) is 3.35. The molecule has 5 rings (SSSR count). The fourth-order valence-electron chi connectivity index (χ4n) is 3.59. The maximum atomic E-state index is 4.98. The molecular weight excluding hydrogens is 356 g/mol. The van der Waals surface area contributed by atoms with E-state index in [-0.39, 0.29) is 0 Å². The zero-order valence-corrected chi connectivity index (χ0v) is 15.9. The first-order valence-corrected chi connectivity index (χ1v) is 10.00. The lowest BCUT2D eigenvalue weighted by atomic mass is 10.1. The van der Waals surface area contributed by atoms with E-state index in [1.807, 2.05) is 29.0 Å². The van der Waals surface area contributed by atoms with Crippen molar-refractivity contribution in [2.24, 2.45) is 0 Å². The Morgan fingerprint density at radius 3 is 2.81 bits per heavy atom. The molecule has 0 bridgehead atoms. The molecule has 1 unspecified atom stereocenters. The molecule has 4 aromatic rings. The van der Waals surface area contributed by atoms with E-state index in [1.165, 1.54) is 0 Å². The summed E-state index contributed by atoms with van der Waals surface area (Å²) < 4.78 is 1.98. The van der Waals surface area contributed by atoms with E-state index in [9.17, 15) is 0 Å². The second-order valence-electron chi connectivity index (χ2n) is 6.78. The van der Waals surface area contributed by atoms with Gasteiger partial charge in [-0.2, -0.15) is 0 Å². The summed E-state index contributed by atoms with van der Waals surface area (Å²) in [7, 11) is 0. The predicted molar refractivity (Wildman–Crippen MR) is 109 cm³/mol. The fourth-order valence-corrected chi connectivity index (χ4v) is 4.30. The molecule has 6 nitrogen and oxygen atoms in total. The van der Waals surface area contributed by atoms with Crippen LogP contribution in [-0.2, 0) is 0 Å². The molecule has 7 heteroatoms. The largest absolute Gasteiger partial charge is 0.352 e. The van der Waals surface area contributed by atoms with Gasteiger partial charge in [-0.25, -0.2) is 9.50 Å². The van der Waals surface area contributed by atoms with Gasteiger partial charge in [-0.15, -0.1) is 16.4 Å². The van der Waals surface area contributed by atoms with Crippen molar-refractivity contribution < 1.29 is 0 Å². The highest BCUT2D eigenvalue weighted by Gasteiger charge is 2.21. The minimum Gasteiger partial charge on any atom is -0.352 e. The number of fused-ring (bicyclic) bond motifs is 1. The molecule has 0 radical (unpaired) electrons. The summed E-state index contributed by atoms with van der Waals surface area (Å²) in [6.07, 6.45) is 3.63.